The molecule has 0 aliphatic rings. The molecule has 1 aromatic rings. The summed E-state index contributed by atoms with van der Waals surface area (Å²) < 4.78 is 0. The first-order valence-corrected chi connectivity index (χ1v) is 6.17. The highest BCUT2D eigenvalue weighted by Crippen LogP contribution is 2.21. The van der Waals surface area contributed by atoms with Crippen LogP contribution >= 0.6 is 0 Å². The van der Waals surface area contributed by atoms with Gasteiger partial charge in [0.2, 0.25) is 0 Å². The van der Waals surface area contributed by atoms with Crippen LogP contribution in [0.2, 0.25) is 0 Å². The highest BCUT2D eigenvalue weighted by molar-refractivity contribution is 5.69. The van der Waals surface area contributed by atoms with Crippen molar-refractivity contribution in [3.8, 4) is 0 Å². The zero-order valence-electron chi connectivity index (χ0n) is 11.0. The fourth-order valence-electron chi connectivity index (χ4n) is 2.05. The van der Waals surface area contributed by atoms with Crippen LogP contribution in [-0.2, 0) is 10.4 Å². The van der Waals surface area contributed by atoms with Crippen molar-refractivity contribution < 1.29 is 15.0 Å². The SMILES string of the molecule is CCCN(CC(=O)O)CC(C)(O)c1ccccc1. The topological polar surface area (TPSA) is 60.8 Å². The minimum absolute atomic E-state index is 0.0448. The monoisotopic (exact) mass is 251 g/mol. The molecule has 0 saturated heterocycles. The summed E-state index contributed by atoms with van der Waals surface area (Å²) in [6.45, 7) is 4.64. The van der Waals surface area contributed by atoms with Crippen LogP contribution in [0.1, 0.15) is 25.8 Å². The van der Waals surface area contributed by atoms with E-state index in [-0.39, 0.29) is 6.54 Å². The molecule has 0 aliphatic carbocycles. The molecule has 0 saturated carbocycles. The number of nitrogens with zero attached hydrogens (tertiary/aromatic N) is 1. The number of rotatable bonds is 7. The highest BCUT2D eigenvalue weighted by Gasteiger charge is 2.26. The van der Waals surface area contributed by atoms with Crippen LogP contribution in [0.4, 0.5) is 0 Å². The molecule has 18 heavy (non-hydrogen) atoms. The smallest absolute Gasteiger partial charge is 0.317 e. The van der Waals surface area contributed by atoms with Crippen molar-refractivity contribution in [2.75, 3.05) is 19.6 Å². The molecular weight excluding hydrogens is 230 g/mol. The zero-order chi connectivity index (χ0) is 13.6. The molecule has 100 valence electrons. The van der Waals surface area contributed by atoms with Crippen molar-refractivity contribution in [2.45, 2.75) is 25.9 Å². The molecule has 4 heteroatoms. The normalized spacial score (nSPS) is 14.4. The van der Waals surface area contributed by atoms with Gasteiger partial charge >= 0.3 is 5.97 Å². The number of hydrogen-bond donors (Lipinski definition) is 2. The predicted octanol–water partition coefficient (Wildman–Crippen LogP) is 1.69. The van der Waals surface area contributed by atoms with Crippen molar-refractivity contribution >= 4 is 5.97 Å². The molecule has 4 nitrogen and oxygen atoms in total. The van der Waals surface area contributed by atoms with Crippen molar-refractivity contribution in [3.05, 3.63) is 35.9 Å². The molecule has 0 spiro atoms. The minimum atomic E-state index is -1.04. The Hall–Kier alpha value is -1.39. The van der Waals surface area contributed by atoms with Crippen LogP contribution in [0.15, 0.2) is 30.3 Å². The summed E-state index contributed by atoms with van der Waals surface area (Å²) >= 11 is 0. The Labute approximate surface area is 108 Å². The van der Waals surface area contributed by atoms with Gasteiger partial charge in [0.1, 0.15) is 0 Å². The van der Waals surface area contributed by atoms with E-state index >= 15 is 0 Å². The van der Waals surface area contributed by atoms with Gasteiger partial charge < -0.3 is 10.2 Å². The fourth-order valence-corrected chi connectivity index (χ4v) is 2.05. The maximum absolute atomic E-state index is 10.8. The average Bonchev–Trinajstić information content (AvgIpc) is 2.29. The minimum Gasteiger partial charge on any atom is -0.480 e. The molecule has 0 heterocycles. The molecule has 0 fully saturated rings. The van der Waals surface area contributed by atoms with Crippen LogP contribution in [0.3, 0.4) is 0 Å². The molecular formula is C14H21NO3. The van der Waals surface area contributed by atoms with Crippen molar-refractivity contribution in [1.29, 1.82) is 0 Å². The number of carboxylic acid groups (broad SMARTS) is 1. The van der Waals surface area contributed by atoms with Gasteiger partial charge in [-0.15, -0.1) is 0 Å². The first-order valence-electron chi connectivity index (χ1n) is 6.17. The van der Waals surface area contributed by atoms with E-state index in [4.69, 9.17) is 5.11 Å². The van der Waals surface area contributed by atoms with Crippen molar-refractivity contribution in [2.24, 2.45) is 0 Å². The lowest BCUT2D eigenvalue weighted by atomic mass is 9.95. The molecule has 2 N–H and O–H groups in total. The van der Waals surface area contributed by atoms with Gasteiger partial charge in [-0.25, -0.2) is 0 Å². The molecule has 0 aliphatic heterocycles. The predicted molar refractivity (Wildman–Crippen MR) is 70.4 cm³/mol. The third-order valence-electron chi connectivity index (χ3n) is 2.83. The highest BCUT2D eigenvalue weighted by atomic mass is 16.4. The summed E-state index contributed by atoms with van der Waals surface area (Å²) in [5.74, 6) is -0.868. The van der Waals surface area contributed by atoms with Gasteiger partial charge in [-0.2, -0.15) is 0 Å². The zero-order valence-corrected chi connectivity index (χ0v) is 11.0. The Morgan fingerprint density at radius 1 is 1.33 bits per heavy atom. The number of hydrogen-bond acceptors (Lipinski definition) is 3. The summed E-state index contributed by atoms with van der Waals surface area (Å²) in [6.07, 6.45) is 0.859. The van der Waals surface area contributed by atoms with Crippen LogP contribution in [0.5, 0.6) is 0 Å². The Bertz CT molecular complexity index is 376. The molecule has 1 rings (SSSR count). The van der Waals surface area contributed by atoms with Crippen LogP contribution in [0, 0.1) is 0 Å². The van der Waals surface area contributed by atoms with Crippen LogP contribution in [0.25, 0.3) is 0 Å². The maximum atomic E-state index is 10.8. The van der Waals surface area contributed by atoms with E-state index < -0.39 is 11.6 Å². The van der Waals surface area contributed by atoms with E-state index in [0.29, 0.717) is 13.1 Å². The third-order valence-corrected chi connectivity index (χ3v) is 2.83. The second kappa shape index (κ2) is 6.52. The Kier molecular flexibility index (Phi) is 5.31. The van der Waals surface area contributed by atoms with Crippen molar-refractivity contribution in [1.82, 2.24) is 4.90 Å². The van der Waals surface area contributed by atoms with E-state index in [1.165, 1.54) is 0 Å². The second-order valence-corrected chi connectivity index (χ2v) is 4.74. The standard InChI is InChI=1S/C14H21NO3/c1-3-9-15(10-13(16)17)11-14(2,18)12-7-5-4-6-8-12/h4-8,18H,3,9-11H2,1-2H3,(H,16,17). The number of benzene rings is 1. The quantitative estimate of drug-likeness (QED) is 0.774. The number of aliphatic hydroxyl groups is 1. The lowest BCUT2D eigenvalue weighted by Gasteiger charge is -2.30. The van der Waals surface area contributed by atoms with Crippen LogP contribution < -0.4 is 0 Å². The van der Waals surface area contributed by atoms with Gasteiger partial charge in [0.05, 0.1) is 12.1 Å². The summed E-state index contributed by atoms with van der Waals surface area (Å²) in [5, 5.41) is 19.3. The lowest BCUT2D eigenvalue weighted by Crippen LogP contribution is -2.41. The summed E-state index contributed by atoms with van der Waals surface area (Å²) in [4.78, 5) is 12.5. The van der Waals surface area contributed by atoms with Crippen molar-refractivity contribution in [3.63, 3.8) is 0 Å². The molecule has 1 aromatic carbocycles. The van der Waals surface area contributed by atoms with Gasteiger partial charge in [-0.3, -0.25) is 9.69 Å². The largest absolute Gasteiger partial charge is 0.480 e. The number of carboxylic acids is 1. The summed E-state index contributed by atoms with van der Waals surface area (Å²) in [5.41, 5.74) is -0.234. The number of aliphatic carboxylic acids is 1. The molecule has 1 unspecified atom stereocenters. The molecule has 0 bridgehead atoms. The first-order chi connectivity index (χ1) is 8.45. The van der Waals surface area contributed by atoms with Crippen LogP contribution in [-0.4, -0.2) is 40.7 Å². The Morgan fingerprint density at radius 3 is 2.44 bits per heavy atom. The third kappa shape index (κ3) is 4.47. The van der Waals surface area contributed by atoms with Gasteiger partial charge in [0.15, 0.2) is 0 Å². The van der Waals surface area contributed by atoms with E-state index in [1.807, 2.05) is 37.3 Å². The fraction of sp³-hybridized carbons (Fsp3) is 0.500. The van der Waals surface area contributed by atoms with Gasteiger partial charge in [-0.05, 0) is 25.5 Å². The summed E-state index contributed by atoms with van der Waals surface area (Å²) in [7, 11) is 0. The molecule has 0 aromatic heterocycles. The number of carbonyl (C=O) groups is 1. The molecule has 0 amide bonds. The first kappa shape index (κ1) is 14.7. The molecule has 0 radical (unpaired) electrons. The van der Waals surface area contributed by atoms with Gasteiger partial charge in [0.25, 0.3) is 0 Å². The second-order valence-electron chi connectivity index (χ2n) is 4.74. The van der Waals surface area contributed by atoms with E-state index in [2.05, 4.69) is 0 Å². The maximum Gasteiger partial charge on any atom is 0.317 e. The summed E-state index contributed by atoms with van der Waals surface area (Å²) in [6, 6.07) is 9.33. The molecule has 1 atom stereocenters. The van der Waals surface area contributed by atoms with Gasteiger partial charge in [0, 0.05) is 6.54 Å². The van der Waals surface area contributed by atoms with E-state index in [9.17, 15) is 9.90 Å². The Morgan fingerprint density at radius 2 is 1.94 bits per heavy atom. The lowest BCUT2D eigenvalue weighted by molar-refractivity contribution is -0.139. The average molecular weight is 251 g/mol. The van der Waals surface area contributed by atoms with Gasteiger partial charge in [-0.1, -0.05) is 37.3 Å². The van der Waals surface area contributed by atoms with E-state index in [0.717, 1.165) is 12.0 Å². The Balaban J connectivity index is 2.75. The van der Waals surface area contributed by atoms with E-state index in [1.54, 1.807) is 11.8 Å².